The highest BCUT2D eigenvalue weighted by molar-refractivity contribution is 5.77. The Hall–Kier alpha value is -1.55. The van der Waals surface area contributed by atoms with E-state index >= 15 is 0 Å². The second kappa shape index (κ2) is 6.06. The van der Waals surface area contributed by atoms with Crippen molar-refractivity contribution in [2.45, 2.75) is 39.0 Å². The molecule has 0 aliphatic carbocycles. The molecule has 0 N–H and O–H groups in total. The fraction of sp³-hybridized carbons (Fsp3) is 0.533. The number of carbonyl (C=O) groups is 1. The zero-order chi connectivity index (χ0) is 13.8. The molecular formula is C15H21NO3. The number of ether oxygens (including phenoxy) is 2. The number of esters is 1. The molecule has 1 heterocycles. The lowest BCUT2D eigenvalue weighted by Crippen LogP contribution is -2.34. The molecule has 1 aliphatic rings. The summed E-state index contributed by atoms with van der Waals surface area (Å²) >= 11 is 0. The Morgan fingerprint density at radius 2 is 2.16 bits per heavy atom. The first-order chi connectivity index (χ1) is 9.11. The second-order valence-corrected chi connectivity index (χ2v) is 4.95. The highest BCUT2D eigenvalue weighted by Crippen LogP contribution is 2.24. The van der Waals surface area contributed by atoms with Crippen LogP contribution in [0.5, 0.6) is 5.75 Å². The number of hydrogen-bond acceptors (Lipinski definition) is 4. The van der Waals surface area contributed by atoms with E-state index in [1.54, 1.807) is 0 Å². The van der Waals surface area contributed by atoms with Crippen LogP contribution in [-0.4, -0.2) is 36.7 Å². The van der Waals surface area contributed by atoms with Crippen molar-refractivity contribution in [1.82, 2.24) is 4.90 Å². The lowest BCUT2D eigenvalue weighted by atomic mass is 10.1. The monoisotopic (exact) mass is 263 g/mol. The van der Waals surface area contributed by atoms with E-state index < -0.39 is 0 Å². The van der Waals surface area contributed by atoms with Crippen LogP contribution < -0.4 is 4.74 Å². The molecule has 0 aromatic heterocycles. The van der Waals surface area contributed by atoms with Crippen LogP contribution in [0.2, 0.25) is 0 Å². The summed E-state index contributed by atoms with van der Waals surface area (Å²) in [5.41, 5.74) is 1.10. The largest absolute Gasteiger partial charge is 0.494 e. The van der Waals surface area contributed by atoms with Gasteiger partial charge in [0, 0.05) is 18.5 Å². The van der Waals surface area contributed by atoms with E-state index in [1.165, 1.54) is 0 Å². The van der Waals surface area contributed by atoms with E-state index in [1.807, 2.05) is 50.1 Å². The number of likely N-dealkylation sites (N-methyl/N-ethyl adjacent to an activating group) is 1. The van der Waals surface area contributed by atoms with E-state index in [9.17, 15) is 4.79 Å². The van der Waals surface area contributed by atoms with Crippen molar-refractivity contribution in [2.24, 2.45) is 0 Å². The lowest BCUT2D eigenvalue weighted by molar-refractivity contribution is -0.144. The third-order valence-electron chi connectivity index (χ3n) is 3.37. The zero-order valence-electron chi connectivity index (χ0n) is 11.8. The summed E-state index contributed by atoms with van der Waals surface area (Å²) in [7, 11) is 1.95. The van der Waals surface area contributed by atoms with Crippen LogP contribution in [0.4, 0.5) is 0 Å². The van der Waals surface area contributed by atoms with E-state index in [-0.39, 0.29) is 18.1 Å². The third-order valence-corrected chi connectivity index (χ3v) is 3.37. The Morgan fingerprint density at radius 3 is 2.79 bits per heavy atom. The summed E-state index contributed by atoms with van der Waals surface area (Å²) in [6.45, 7) is 5.22. The number of para-hydroxylation sites is 1. The van der Waals surface area contributed by atoms with Crippen molar-refractivity contribution in [3.05, 3.63) is 29.8 Å². The third kappa shape index (κ3) is 3.26. The maximum absolute atomic E-state index is 11.7. The summed E-state index contributed by atoms with van der Waals surface area (Å²) in [4.78, 5) is 13.8. The summed E-state index contributed by atoms with van der Waals surface area (Å²) in [5, 5.41) is 0. The molecule has 0 saturated carbocycles. The predicted octanol–water partition coefficient (Wildman–Crippen LogP) is 2.22. The Labute approximate surface area is 114 Å². The maximum atomic E-state index is 11.7. The number of hydrogen-bond donors (Lipinski definition) is 0. The number of carbonyl (C=O) groups excluding carboxylic acids is 1. The van der Waals surface area contributed by atoms with E-state index in [4.69, 9.17) is 9.47 Å². The molecule has 19 heavy (non-hydrogen) atoms. The van der Waals surface area contributed by atoms with Gasteiger partial charge in [0.1, 0.15) is 17.9 Å². The predicted molar refractivity (Wildman–Crippen MR) is 73.0 cm³/mol. The fourth-order valence-electron chi connectivity index (χ4n) is 2.41. The zero-order valence-corrected chi connectivity index (χ0v) is 11.8. The van der Waals surface area contributed by atoms with E-state index in [0.717, 1.165) is 17.7 Å². The van der Waals surface area contributed by atoms with Gasteiger partial charge >= 0.3 is 5.97 Å². The van der Waals surface area contributed by atoms with E-state index in [0.29, 0.717) is 13.2 Å². The molecule has 1 saturated heterocycles. The van der Waals surface area contributed by atoms with Gasteiger partial charge in [0.15, 0.2) is 0 Å². The minimum atomic E-state index is -0.148. The number of rotatable bonds is 5. The second-order valence-electron chi connectivity index (χ2n) is 4.95. The topological polar surface area (TPSA) is 38.8 Å². The number of benzene rings is 1. The van der Waals surface area contributed by atoms with Gasteiger partial charge in [-0.05, 0) is 27.0 Å². The minimum absolute atomic E-state index is 0.0158. The van der Waals surface area contributed by atoms with Gasteiger partial charge in [-0.1, -0.05) is 18.2 Å². The fourth-order valence-corrected chi connectivity index (χ4v) is 2.41. The standard InChI is InChI=1S/C15H21NO3/c1-4-18-14-8-6-5-7-12(14)10-16(3)13-9-11(2)19-15(13)17/h5-8,11,13H,4,9-10H2,1-3H3/t11-,13-/m0/s1. The highest BCUT2D eigenvalue weighted by Gasteiger charge is 2.34. The molecule has 1 aromatic rings. The Bertz CT molecular complexity index is 447. The average molecular weight is 263 g/mol. The van der Waals surface area contributed by atoms with Crippen LogP contribution in [0, 0.1) is 0 Å². The molecular weight excluding hydrogens is 242 g/mol. The van der Waals surface area contributed by atoms with Gasteiger partial charge < -0.3 is 9.47 Å². The van der Waals surface area contributed by atoms with Gasteiger partial charge in [-0.3, -0.25) is 9.69 Å². The Kier molecular flexibility index (Phi) is 4.43. The molecule has 1 fully saturated rings. The minimum Gasteiger partial charge on any atom is -0.494 e. The first kappa shape index (κ1) is 13.9. The quantitative estimate of drug-likeness (QED) is 0.764. The first-order valence-electron chi connectivity index (χ1n) is 6.73. The molecule has 1 aliphatic heterocycles. The molecule has 0 spiro atoms. The highest BCUT2D eigenvalue weighted by atomic mass is 16.6. The lowest BCUT2D eigenvalue weighted by Gasteiger charge is -2.22. The van der Waals surface area contributed by atoms with E-state index in [2.05, 4.69) is 0 Å². The first-order valence-corrected chi connectivity index (χ1v) is 6.73. The van der Waals surface area contributed by atoms with Crippen molar-refractivity contribution >= 4 is 5.97 Å². The van der Waals surface area contributed by atoms with Crippen LogP contribution in [-0.2, 0) is 16.1 Å². The van der Waals surface area contributed by atoms with Crippen molar-refractivity contribution in [1.29, 1.82) is 0 Å². The molecule has 2 atom stereocenters. The smallest absolute Gasteiger partial charge is 0.323 e. The maximum Gasteiger partial charge on any atom is 0.323 e. The van der Waals surface area contributed by atoms with Crippen LogP contribution in [0.3, 0.4) is 0 Å². The van der Waals surface area contributed by atoms with Gasteiger partial charge in [0.25, 0.3) is 0 Å². The number of nitrogens with zero attached hydrogens (tertiary/aromatic N) is 1. The van der Waals surface area contributed by atoms with Crippen LogP contribution in [0.15, 0.2) is 24.3 Å². The molecule has 2 rings (SSSR count). The molecule has 0 unspecified atom stereocenters. The molecule has 4 nitrogen and oxygen atoms in total. The van der Waals surface area contributed by atoms with Crippen LogP contribution in [0.25, 0.3) is 0 Å². The molecule has 0 bridgehead atoms. The molecule has 1 aromatic carbocycles. The Morgan fingerprint density at radius 1 is 1.42 bits per heavy atom. The number of cyclic esters (lactones) is 1. The van der Waals surface area contributed by atoms with Crippen LogP contribution in [0.1, 0.15) is 25.8 Å². The van der Waals surface area contributed by atoms with Gasteiger partial charge in [-0.25, -0.2) is 0 Å². The molecule has 104 valence electrons. The molecule has 4 heteroatoms. The molecule has 0 amide bonds. The van der Waals surface area contributed by atoms with Crippen molar-refractivity contribution < 1.29 is 14.3 Å². The van der Waals surface area contributed by atoms with Crippen molar-refractivity contribution in [3.8, 4) is 5.75 Å². The van der Waals surface area contributed by atoms with Crippen molar-refractivity contribution in [2.75, 3.05) is 13.7 Å². The van der Waals surface area contributed by atoms with Gasteiger partial charge in [0.2, 0.25) is 0 Å². The van der Waals surface area contributed by atoms with Gasteiger partial charge in [-0.2, -0.15) is 0 Å². The summed E-state index contributed by atoms with van der Waals surface area (Å²) < 4.78 is 10.8. The van der Waals surface area contributed by atoms with Gasteiger partial charge in [-0.15, -0.1) is 0 Å². The van der Waals surface area contributed by atoms with Crippen molar-refractivity contribution in [3.63, 3.8) is 0 Å². The average Bonchev–Trinajstić information content (AvgIpc) is 2.71. The Balaban J connectivity index is 2.06. The summed E-state index contributed by atoms with van der Waals surface area (Å²) in [6.07, 6.45) is 0.772. The summed E-state index contributed by atoms with van der Waals surface area (Å²) in [6, 6.07) is 7.79. The SMILES string of the molecule is CCOc1ccccc1CN(C)[C@H]1C[C@H](C)OC1=O. The van der Waals surface area contributed by atoms with Gasteiger partial charge in [0.05, 0.1) is 6.61 Å². The normalized spacial score (nSPS) is 22.6. The molecule has 0 radical (unpaired) electrons. The summed E-state index contributed by atoms with van der Waals surface area (Å²) in [5.74, 6) is 0.764. The van der Waals surface area contributed by atoms with Crippen LogP contribution >= 0.6 is 0 Å².